The van der Waals surface area contributed by atoms with E-state index in [-0.39, 0.29) is 6.42 Å². The first-order chi connectivity index (χ1) is 10.8. The van der Waals surface area contributed by atoms with Gasteiger partial charge in [0.05, 0.1) is 6.61 Å². The van der Waals surface area contributed by atoms with Crippen molar-refractivity contribution >= 4 is 6.08 Å². The summed E-state index contributed by atoms with van der Waals surface area (Å²) in [7, 11) is 0. The third-order valence-electron chi connectivity index (χ3n) is 4.33. The molecule has 0 radical (unpaired) electrons. The number of aliphatic hydroxyl groups excluding tert-OH is 4. The summed E-state index contributed by atoms with van der Waals surface area (Å²) in [5.74, 6) is -4.25. The van der Waals surface area contributed by atoms with Crippen LogP contribution >= 0.6 is 0 Å². The van der Waals surface area contributed by atoms with E-state index in [1.54, 1.807) is 18.2 Å². The van der Waals surface area contributed by atoms with Crippen LogP contribution in [0.15, 0.2) is 30.3 Å². The second-order valence-corrected chi connectivity index (χ2v) is 5.70. The van der Waals surface area contributed by atoms with E-state index in [1.807, 2.05) is 12.1 Å². The van der Waals surface area contributed by atoms with Gasteiger partial charge in [-0.15, -0.1) is 0 Å². The lowest BCUT2D eigenvalue weighted by molar-refractivity contribution is -0.362. The number of aliphatic hydroxyl groups is 5. The molecule has 6 atom stereocenters. The summed E-state index contributed by atoms with van der Waals surface area (Å²) in [5, 5.41) is 50.1. The number of ether oxygens (including phenoxy) is 1. The van der Waals surface area contributed by atoms with E-state index < -0.39 is 42.7 Å². The fourth-order valence-corrected chi connectivity index (χ4v) is 2.98. The maximum Gasteiger partial charge on any atom is 0.201 e. The summed E-state index contributed by atoms with van der Waals surface area (Å²) in [5.41, 5.74) is 1.68. The minimum Gasteiger partial charge on any atom is -0.394 e. The molecule has 2 unspecified atom stereocenters. The Morgan fingerprint density at radius 3 is 2.68 bits per heavy atom. The maximum atomic E-state index is 10.8. The van der Waals surface area contributed by atoms with Crippen LogP contribution in [0.4, 0.5) is 0 Å². The van der Waals surface area contributed by atoms with Crippen LogP contribution in [0.25, 0.3) is 6.08 Å². The van der Waals surface area contributed by atoms with Gasteiger partial charge in [0.15, 0.2) is 0 Å². The minimum atomic E-state index is -2.47. The average molecular weight is 309 g/mol. The van der Waals surface area contributed by atoms with Crippen molar-refractivity contribution in [1.29, 1.82) is 0 Å². The second-order valence-electron chi connectivity index (χ2n) is 5.70. The lowest BCUT2D eigenvalue weighted by Crippen LogP contribution is -2.67. The first kappa shape index (κ1) is 14.3. The van der Waals surface area contributed by atoms with Crippen molar-refractivity contribution < 1.29 is 31.6 Å². The Morgan fingerprint density at radius 1 is 1.23 bits per heavy atom. The van der Waals surface area contributed by atoms with Crippen LogP contribution < -0.4 is 0 Å². The zero-order chi connectivity index (χ0) is 16.8. The molecule has 6 heteroatoms. The molecule has 0 amide bonds. The molecule has 0 spiro atoms. The van der Waals surface area contributed by atoms with Gasteiger partial charge in [-0.25, -0.2) is 0 Å². The SMILES string of the molecule is [2H]C1(C2(O)O[C@H](CO)[C@H](O)[C@H](O)[C@H]2O)C=Cc2ccccc2C1. The van der Waals surface area contributed by atoms with Crippen molar-refractivity contribution in [3.63, 3.8) is 0 Å². The van der Waals surface area contributed by atoms with Crippen LogP contribution in [0.1, 0.15) is 12.5 Å². The van der Waals surface area contributed by atoms with Crippen molar-refractivity contribution in [2.45, 2.75) is 36.6 Å². The summed E-state index contributed by atoms with van der Waals surface area (Å²) in [4.78, 5) is 0. The number of hydrogen-bond donors (Lipinski definition) is 5. The molecule has 0 bridgehead atoms. The molecule has 1 fully saturated rings. The molecular weight excluding hydrogens is 288 g/mol. The van der Waals surface area contributed by atoms with Crippen LogP contribution in [0.3, 0.4) is 0 Å². The Morgan fingerprint density at radius 2 is 1.95 bits per heavy atom. The van der Waals surface area contributed by atoms with Crippen LogP contribution in [-0.4, -0.2) is 62.3 Å². The molecule has 1 saturated heterocycles. The second kappa shape index (κ2) is 5.73. The van der Waals surface area contributed by atoms with Gasteiger partial charge in [0, 0.05) is 7.26 Å². The summed E-state index contributed by atoms with van der Waals surface area (Å²) >= 11 is 0. The first-order valence-corrected chi connectivity index (χ1v) is 7.15. The highest BCUT2D eigenvalue weighted by molar-refractivity contribution is 5.57. The Balaban J connectivity index is 1.99. The van der Waals surface area contributed by atoms with E-state index in [4.69, 9.17) is 6.11 Å². The molecule has 1 aromatic carbocycles. The van der Waals surface area contributed by atoms with Gasteiger partial charge in [0.2, 0.25) is 5.79 Å². The fraction of sp³-hybridized carbons (Fsp3) is 0.500. The van der Waals surface area contributed by atoms with E-state index in [2.05, 4.69) is 0 Å². The first-order valence-electron chi connectivity index (χ1n) is 7.65. The lowest BCUT2D eigenvalue weighted by Gasteiger charge is -2.48. The molecule has 1 heterocycles. The predicted molar refractivity (Wildman–Crippen MR) is 77.6 cm³/mol. The number of hydrogen-bond acceptors (Lipinski definition) is 6. The van der Waals surface area contributed by atoms with Gasteiger partial charge in [-0.05, 0) is 17.5 Å². The zero-order valence-electron chi connectivity index (χ0n) is 12.8. The molecule has 5 N–H and O–H groups in total. The molecule has 22 heavy (non-hydrogen) atoms. The molecule has 120 valence electrons. The van der Waals surface area contributed by atoms with Gasteiger partial charge < -0.3 is 30.3 Å². The van der Waals surface area contributed by atoms with E-state index in [0.29, 0.717) is 0 Å². The topological polar surface area (TPSA) is 110 Å². The average Bonchev–Trinajstić information content (AvgIpc) is 2.56. The number of benzene rings is 1. The van der Waals surface area contributed by atoms with Crippen LogP contribution in [0.2, 0.25) is 0 Å². The largest absolute Gasteiger partial charge is 0.394 e. The lowest BCUT2D eigenvalue weighted by atomic mass is 9.78. The highest BCUT2D eigenvalue weighted by atomic mass is 16.7. The third-order valence-corrected chi connectivity index (χ3v) is 4.33. The minimum absolute atomic E-state index is 0.0498. The molecule has 2 aliphatic rings. The van der Waals surface area contributed by atoms with Crippen LogP contribution in [-0.2, 0) is 11.2 Å². The Bertz CT molecular complexity index is 620. The van der Waals surface area contributed by atoms with Gasteiger partial charge in [0.1, 0.15) is 24.4 Å². The smallest absolute Gasteiger partial charge is 0.201 e. The van der Waals surface area contributed by atoms with Crippen molar-refractivity contribution in [3.8, 4) is 0 Å². The monoisotopic (exact) mass is 309 g/mol. The van der Waals surface area contributed by atoms with Crippen LogP contribution in [0.5, 0.6) is 0 Å². The Hall–Kier alpha value is -1.28. The molecule has 1 aliphatic heterocycles. The fourth-order valence-electron chi connectivity index (χ4n) is 2.98. The molecule has 0 saturated carbocycles. The van der Waals surface area contributed by atoms with Crippen LogP contribution in [0, 0.1) is 5.89 Å². The molecule has 6 nitrogen and oxygen atoms in total. The van der Waals surface area contributed by atoms with E-state index >= 15 is 0 Å². The highest BCUT2D eigenvalue weighted by Crippen LogP contribution is 2.38. The van der Waals surface area contributed by atoms with Crippen molar-refractivity contribution in [3.05, 3.63) is 41.5 Å². The van der Waals surface area contributed by atoms with Crippen molar-refractivity contribution in [2.75, 3.05) is 6.61 Å². The standard InChI is InChI=1S/C16H20O6/c17-8-12-13(18)14(19)15(20)16(21,22-12)11-6-5-9-3-1-2-4-10(9)7-11/h1-6,11-15,17-21H,7-8H2/t11?,12-,13+,14+,15-,16?/m1/s1/i11D. The van der Waals surface area contributed by atoms with Gasteiger partial charge >= 0.3 is 0 Å². The molecular formula is C16H20O6. The van der Waals surface area contributed by atoms with Gasteiger partial charge in [-0.3, -0.25) is 0 Å². The van der Waals surface area contributed by atoms with Gasteiger partial charge in [0.25, 0.3) is 0 Å². The highest BCUT2D eigenvalue weighted by Gasteiger charge is 2.55. The van der Waals surface area contributed by atoms with Crippen molar-refractivity contribution in [2.24, 2.45) is 5.89 Å². The van der Waals surface area contributed by atoms with Gasteiger partial charge in [-0.2, -0.15) is 0 Å². The summed E-state index contributed by atoms with van der Waals surface area (Å²) in [6.45, 7) is -0.663. The number of fused-ring (bicyclic) bond motifs is 1. The van der Waals surface area contributed by atoms with E-state index in [0.717, 1.165) is 11.1 Å². The molecule has 0 aromatic heterocycles. The number of rotatable bonds is 2. The predicted octanol–water partition coefficient (Wildman–Crippen LogP) is -0.966. The van der Waals surface area contributed by atoms with E-state index in [1.165, 1.54) is 6.08 Å². The summed E-state index contributed by atoms with van der Waals surface area (Å²) in [6.07, 6.45) is -3.40. The summed E-state index contributed by atoms with van der Waals surface area (Å²) in [6, 6.07) is 7.32. The molecule has 1 aromatic rings. The van der Waals surface area contributed by atoms with Crippen molar-refractivity contribution in [1.82, 2.24) is 0 Å². The summed E-state index contributed by atoms with van der Waals surface area (Å²) < 4.78 is 13.9. The Kier molecular flexibility index (Phi) is 3.73. The quantitative estimate of drug-likeness (QED) is 0.481. The zero-order valence-corrected chi connectivity index (χ0v) is 11.8. The molecule has 1 aliphatic carbocycles. The maximum absolute atomic E-state index is 10.8. The van der Waals surface area contributed by atoms with Gasteiger partial charge in [-0.1, -0.05) is 36.4 Å². The third kappa shape index (κ3) is 2.38. The Labute approximate surface area is 129 Å². The van der Waals surface area contributed by atoms with E-state index in [9.17, 15) is 25.5 Å². The molecule has 3 rings (SSSR count). The normalized spacial score (nSPS) is 45.2.